The third-order valence-corrected chi connectivity index (χ3v) is 5.15. The van der Waals surface area contributed by atoms with E-state index in [1.165, 1.54) is 18.2 Å². The van der Waals surface area contributed by atoms with E-state index >= 15 is 0 Å². The predicted octanol–water partition coefficient (Wildman–Crippen LogP) is 2.20. The topological polar surface area (TPSA) is 148 Å². The number of amides is 2. The molecule has 1 aromatic heterocycles. The quantitative estimate of drug-likeness (QED) is 0.325. The van der Waals surface area contributed by atoms with Gasteiger partial charge in [0.1, 0.15) is 11.5 Å². The number of anilines is 3. The molecule has 0 bridgehead atoms. The minimum atomic E-state index is -0.842. The van der Waals surface area contributed by atoms with Crippen molar-refractivity contribution in [1.29, 1.82) is 0 Å². The second-order valence-corrected chi connectivity index (χ2v) is 7.43. The molecule has 1 aliphatic rings. The number of ether oxygens (including phenoxy) is 2. The summed E-state index contributed by atoms with van der Waals surface area (Å²) >= 11 is 0.941. The van der Waals surface area contributed by atoms with E-state index < -0.39 is 17.3 Å². The summed E-state index contributed by atoms with van der Waals surface area (Å²) in [6.45, 7) is 0.125. The second kappa shape index (κ2) is 8.98. The van der Waals surface area contributed by atoms with Crippen LogP contribution in [0.25, 0.3) is 0 Å². The smallest absolute Gasteiger partial charge is 0.277 e. The molecule has 2 aromatic carbocycles. The zero-order valence-corrected chi connectivity index (χ0v) is 17.1. The van der Waals surface area contributed by atoms with Crippen molar-refractivity contribution >= 4 is 40.8 Å². The number of halogens is 1. The number of nitrogens with two attached hydrogens (primary N) is 1. The van der Waals surface area contributed by atoms with Gasteiger partial charge in [-0.15, -0.1) is 0 Å². The van der Waals surface area contributed by atoms with Gasteiger partial charge < -0.3 is 25.8 Å². The minimum Gasteiger partial charge on any atom is -0.454 e. The summed E-state index contributed by atoms with van der Waals surface area (Å²) < 4.78 is 24.2. The molecular formula is C20H16FN5O5S. The van der Waals surface area contributed by atoms with Crippen LogP contribution in [-0.4, -0.2) is 34.3 Å². The largest absolute Gasteiger partial charge is 0.454 e. The zero-order chi connectivity index (χ0) is 22.7. The van der Waals surface area contributed by atoms with Gasteiger partial charge in [-0.1, -0.05) is 23.9 Å². The molecule has 0 radical (unpaired) electrons. The Morgan fingerprint density at radius 1 is 1.16 bits per heavy atom. The minimum absolute atomic E-state index is 0.0717. The molecule has 3 aromatic rings. The van der Waals surface area contributed by atoms with E-state index in [4.69, 9.17) is 15.2 Å². The normalized spacial score (nSPS) is 11.8. The maximum absolute atomic E-state index is 13.8. The van der Waals surface area contributed by atoms with Gasteiger partial charge in [-0.05, 0) is 24.3 Å². The number of nitrogen functional groups attached to an aromatic ring is 1. The van der Waals surface area contributed by atoms with Crippen LogP contribution in [0.3, 0.4) is 0 Å². The number of fused-ring (bicyclic) bond motifs is 1. The van der Waals surface area contributed by atoms with Gasteiger partial charge in [0.15, 0.2) is 22.5 Å². The highest BCUT2D eigenvalue weighted by atomic mass is 32.2. The summed E-state index contributed by atoms with van der Waals surface area (Å²) in [4.78, 5) is 43.2. The average Bonchev–Trinajstić information content (AvgIpc) is 3.23. The van der Waals surface area contributed by atoms with Crippen molar-refractivity contribution in [3.05, 3.63) is 64.2 Å². The first kappa shape index (κ1) is 21.2. The predicted molar refractivity (Wildman–Crippen MR) is 116 cm³/mol. The monoisotopic (exact) mass is 457 g/mol. The number of H-pyrrole nitrogens is 1. The number of benzene rings is 2. The van der Waals surface area contributed by atoms with E-state index in [0.717, 1.165) is 17.8 Å². The van der Waals surface area contributed by atoms with E-state index in [9.17, 15) is 18.8 Å². The van der Waals surface area contributed by atoms with Gasteiger partial charge in [0, 0.05) is 11.8 Å². The Balaban J connectivity index is 1.38. The number of carbonyl (C=O) groups excluding carboxylic acids is 2. The van der Waals surface area contributed by atoms with Crippen molar-refractivity contribution in [3.63, 3.8) is 0 Å². The standard InChI is InChI=1S/C20H16FN5O5S/c21-12-4-2-1-3-11(12)18(28)24-16-17(22)25-20(26-19(16)29)32-8-15(27)23-10-5-6-13-14(7-10)31-9-30-13/h1-7H,8-9H2,(H,23,27)(H,24,28)(H3,22,25,26,29). The first-order chi connectivity index (χ1) is 15.4. The molecule has 5 N–H and O–H groups in total. The van der Waals surface area contributed by atoms with Gasteiger partial charge in [0.05, 0.1) is 11.3 Å². The molecule has 0 aliphatic carbocycles. The molecule has 0 saturated heterocycles. The molecule has 0 spiro atoms. The Hall–Kier alpha value is -4.06. The fraction of sp³-hybridized carbons (Fsp3) is 0.100. The van der Waals surface area contributed by atoms with Crippen LogP contribution in [0.1, 0.15) is 10.4 Å². The van der Waals surface area contributed by atoms with Crippen molar-refractivity contribution in [2.45, 2.75) is 5.16 Å². The molecule has 4 rings (SSSR count). The van der Waals surface area contributed by atoms with Crippen molar-refractivity contribution in [2.24, 2.45) is 0 Å². The van der Waals surface area contributed by atoms with E-state index in [1.807, 2.05) is 0 Å². The van der Waals surface area contributed by atoms with Crippen molar-refractivity contribution in [1.82, 2.24) is 9.97 Å². The SMILES string of the molecule is Nc1nc(SCC(=O)Nc2ccc3c(c2)OCO3)[nH]c(=O)c1NC(=O)c1ccccc1F. The first-order valence-electron chi connectivity index (χ1n) is 9.18. The number of carbonyl (C=O) groups is 2. The Morgan fingerprint density at radius 3 is 2.72 bits per heavy atom. The fourth-order valence-corrected chi connectivity index (χ4v) is 3.46. The lowest BCUT2D eigenvalue weighted by atomic mass is 10.2. The molecule has 0 unspecified atom stereocenters. The van der Waals surface area contributed by atoms with Crippen LogP contribution in [0.5, 0.6) is 11.5 Å². The summed E-state index contributed by atoms with van der Waals surface area (Å²) in [5.41, 5.74) is 5.02. The van der Waals surface area contributed by atoms with Crippen LogP contribution >= 0.6 is 11.8 Å². The van der Waals surface area contributed by atoms with E-state index in [0.29, 0.717) is 17.2 Å². The third kappa shape index (κ3) is 4.64. The summed E-state index contributed by atoms with van der Waals surface area (Å²) in [6, 6.07) is 10.3. The summed E-state index contributed by atoms with van der Waals surface area (Å²) in [5, 5.41) is 5.03. The number of hydrogen-bond acceptors (Lipinski definition) is 8. The molecule has 10 nitrogen and oxygen atoms in total. The van der Waals surface area contributed by atoms with Crippen LogP contribution in [0.2, 0.25) is 0 Å². The van der Waals surface area contributed by atoms with Crippen molar-refractivity contribution in [2.75, 3.05) is 28.9 Å². The van der Waals surface area contributed by atoms with Crippen LogP contribution < -0.4 is 31.4 Å². The molecule has 0 fully saturated rings. The first-order valence-corrected chi connectivity index (χ1v) is 10.2. The number of aromatic nitrogens is 2. The Bertz CT molecular complexity index is 1270. The lowest BCUT2D eigenvalue weighted by Gasteiger charge is -2.09. The Labute approximate surface area is 184 Å². The highest BCUT2D eigenvalue weighted by molar-refractivity contribution is 7.99. The molecule has 1 aliphatic heterocycles. The Kier molecular flexibility index (Phi) is 5.94. The summed E-state index contributed by atoms with van der Waals surface area (Å²) in [7, 11) is 0. The zero-order valence-electron chi connectivity index (χ0n) is 16.3. The highest BCUT2D eigenvalue weighted by Gasteiger charge is 2.17. The summed E-state index contributed by atoms with van der Waals surface area (Å²) in [5.74, 6) is -1.15. The average molecular weight is 457 g/mol. The van der Waals surface area contributed by atoms with Gasteiger partial charge in [-0.3, -0.25) is 19.4 Å². The van der Waals surface area contributed by atoms with E-state index in [2.05, 4.69) is 20.6 Å². The van der Waals surface area contributed by atoms with Crippen molar-refractivity contribution in [3.8, 4) is 11.5 Å². The molecule has 164 valence electrons. The van der Waals surface area contributed by atoms with Gasteiger partial charge in [0.2, 0.25) is 12.7 Å². The number of nitrogens with zero attached hydrogens (tertiary/aromatic N) is 1. The Morgan fingerprint density at radius 2 is 1.94 bits per heavy atom. The van der Waals surface area contributed by atoms with Gasteiger partial charge >= 0.3 is 0 Å². The number of thioether (sulfide) groups is 1. The lowest BCUT2D eigenvalue weighted by Crippen LogP contribution is -2.24. The highest BCUT2D eigenvalue weighted by Crippen LogP contribution is 2.34. The fourth-order valence-electron chi connectivity index (χ4n) is 2.79. The molecular weight excluding hydrogens is 441 g/mol. The second-order valence-electron chi connectivity index (χ2n) is 6.47. The number of hydrogen-bond donors (Lipinski definition) is 4. The van der Waals surface area contributed by atoms with E-state index in [1.54, 1.807) is 18.2 Å². The summed E-state index contributed by atoms with van der Waals surface area (Å²) in [6.07, 6.45) is 0. The van der Waals surface area contributed by atoms with E-state index in [-0.39, 0.29) is 40.7 Å². The van der Waals surface area contributed by atoms with Gasteiger partial charge in [-0.2, -0.15) is 0 Å². The number of aromatic amines is 1. The lowest BCUT2D eigenvalue weighted by molar-refractivity contribution is -0.113. The molecule has 0 saturated carbocycles. The van der Waals surface area contributed by atoms with Crippen LogP contribution in [0.15, 0.2) is 52.4 Å². The van der Waals surface area contributed by atoms with Crippen molar-refractivity contribution < 1.29 is 23.5 Å². The third-order valence-electron chi connectivity index (χ3n) is 4.28. The van der Waals surface area contributed by atoms with Gasteiger partial charge in [0.25, 0.3) is 11.5 Å². The number of rotatable bonds is 6. The molecule has 2 amide bonds. The maximum atomic E-state index is 13.8. The molecule has 32 heavy (non-hydrogen) atoms. The number of nitrogens with one attached hydrogen (secondary N) is 3. The van der Waals surface area contributed by atoms with Crippen LogP contribution in [-0.2, 0) is 4.79 Å². The van der Waals surface area contributed by atoms with Gasteiger partial charge in [-0.25, -0.2) is 9.37 Å². The molecule has 2 heterocycles. The van der Waals surface area contributed by atoms with Crippen LogP contribution in [0.4, 0.5) is 21.6 Å². The molecule has 12 heteroatoms. The molecule has 0 atom stereocenters. The maximum Gasteiger partial charge on any atom is 0.277 e. The van der Waals surface area contributed by atoms with Crippen LogP contribution in [0, 0.1) is 5.82 Å².